The van der Waals surface area contributed by atoms with Crippen molar-refractivity contribution in [1.29, 1.82) is 0 Å². The van der Waals surface area contributed by atoms with E-state index in [2.05, 4.69) is 21.2 Å². The fourth-order valence-electron chi connectivity index (χ4n) is 2.98. The molecule has 236 valence electrons. The van der Waals surface area contributed by atoms with Gasteiger partial charge in [0.1, 0.15) is 11.5 Å². The fourth-order valence-corrected chi connectivity index (χ4v) is 4.98. The molecule has 0 amide bonds. The number of ketones is 2. The van der Waals surface area contributed by atoms with Gasteiger partial charge in [-0.15, -0.1) is 0 Å². The lowest BCUT2D eigenvalue weighted by molar-refractivity contribution is -0.124. The number of Topliss-reactive ketones (excluding diaryl/α,β-unsaturated/α-hetero) is 2. The van der Waals surface area contributed by atoms with Crippen molar-refractivity contribution < 1.29 is 27.8 Å². The first-order chi connectivity index (χ1) is 17.6. The van der Waals surface area contributed by atoms with Crippen molar-refractivity contribution in [3.05, 3.63) is 60.7 Å². The van der Waals surface area contributed by atoms with Crippen LogP contribution < -0.4 is 30.3 Å². The smallest absolute Gasteiger partial charge is 0.326 e. The third-order valence-electron chi connectivity index (χ3n) is 5.01. The number of hydrogen-bond acceptors (Lipinski definition) is 8. The molecule has 0 saturated heterocycles. The van der Waals surface area contributed by atoms with Crippen molar-refractivity contribution >= 4 is 26.6 Å². The Morgan fingerprint density at radius 2 is 0.854 bits per heavy atom. The molecular formula is C29H54N4O6P2. The molecule has 2 aromatic rings. The van der Waals surface area contributed by atoms with Crippen LogP contribution in [-0.4, -0.2) is 37.0 Å². The first-order valence-corrected chi connectivity index (χ1v) is 16.5. The number of rotatable bonds is 14. The van der Waals surface area contributed by atoms with E-state index in [1.54, 1.807) is 62.4 Å². The Morgan fingerprint density at radius 3 is 1.10 bits per heavy atom. The minimum absolute atomic E-state index is 0. The van der Waals surface area contributed by atoms with E-state index in [4.69, 9.17) is 9.05 Å². The van der Waals surface area contributed by atoms with Crippen LogP contribution in [0.5, 0.6) is 11.5 Å². The molecule has 12 heteroatoms. The van der Waals surface area contributed by atoms with Gasteiger partial charge in [0, 0.05) is 25.2 Å². The van der Waals surface area contributed by atoms with E-state index >= 15 is 0 Å². The van der Waals surface area contributed by atoms with Gasteiger partial charge in [0.2, 0.25) is 0 Å². The Morgan fingerprint density at radius 1 is 0.585 bits per heavy atom. The van der Waals surface area contributed by atoms with Crippen molar-refractivity contribution in [2.45, 2.75) is 75.9 Å². The van der Waals surface area contributed by atoms with Crippen molar-refractivity contribution in [1.82, 2.24) is 21.2 Å². The Hall–Kier alpha value is -2.32. The first kappa shape index (κ1) is 43.1. The molecule has 0 aliphatic rings. The third kappa shape index (κ3) is 18.0. The predicted molar refractivity (Wildman–Crippen MR) is 173 cm³/mol. The van der Waals surface area contributed by atoms with Gasteiger partial charge >= 0.3 is 15.0 Å². The van der Waals surface area contributed by atoms with Crippen LogP contribution in [0.4, 0.5) is 0 Å². The van der Waals surface area contributed by atoms with E-state index in [0.29, 0.717) is 11.5 Å². The minimum Gasteiger partial charge on any atom is -0.432 e. The van der Waals surface area contributed by atoms with E-state index < -0.39 is 27.1 Å². The quantitative estimate of drug-likeness (QED) is 0.129. The molecule has 4 atom stereocenters. The van der Waals surface area contributed by atoms with Crippen molar-refractivity contribution in [2.24, 2.45) is 11.8 Å². The van der Waals surface area contributed by atoms with Crippen molar-refractivity contribution in [3.63, 3.8) is 0 Å². The Labute approximate surface area is 248 Å². The second-order valence-corrected chi connectivity index (χ2v) is 13.8. The molecule has 0 spiro atoms. The number of hydrogen-bond donors (Lipinski definition) is 4. The summed E-state index contributed by atoms with van der Waals surface area (Å²) in [6.45, 7) is 13.7. The van der Waals surface area contributed by atoms with Gasteiger partial charge in [0.05, 0.1) is 12.1 Å². The molecule has 0 heterocycles. The van der Waals surface area contributed by atoms with Gasteiger partial charge in [-0.1, -0.05) is 86.4 Å². The average Bonchev–Trinajstić information content (AvgIpc) is 2.86. The van der Waals surface area contributed by atoms with E-state index in [1.165, 1.54) is 13.3 Å². The molecule has 0 bridgehead atoms. The molecule has 2 rings (SSSR count). The van der Waals surface area contributed by atoms with Gasteiger partial charge in [0.15, 0.2) is 11.6 Å². The fraction of sp³-hybridized carbons (Fsp3) is 0.517. The van der Waals surface area contributed by atoms with Gasteiger partial charge in [-0.25, -0.2) is 10.9 Å². The van der Waals surface area contributed by atoms with Crippen LogP contribution in [0, 0.1) is 11.8 Å². The monoisotopic (exact) mass is 616 g/mol. The molecule has 4 N–H and O–H groups in total. The van der Waals surface area contributed by atoms with Gasteiger partial charge in [-0.2, -0.15) is 10.4 Å². The van der Waals surface area contributed by atoms with Crippen LogP contribution in [0.15, 0.2) is 60.7 Å². The molecule has 0 aliphatic carbocycles. The summed E-state index contributed by atoms with van der Waals surface area (Å²) in [5, 5.41) is 5.21. The van der Waals surface area contributed by atoms with E-state index in [1.807, 2.05) is 39.8 Å². The van der Waals surface area contributed by atoms with Crippen LogP contribution in [-0.2, 0) is 18.7 Å². The van der Waals surface area contributed by atoms with Crippen molar-refractivity contribution in [2.75, 3.05) is 13.3 Å². The average molecular weight is 617 g/mol. The van der Waals surface area contributed by atoms with E-state index in [0.717, 1.165) is 0 Å². The molecule has 41 heavy (non-hydrogen) atoms. The summed E-state index contributed by atoms with van der Waals surface area (Å²) in [5.74, 6) is 0.988. The standard InChI is InChI=1S/2C13H21N2O3P.3CH4/c2*1-10(2)13(16)11(3)14-15-19(4,17)18-12-8-6-5-7-9-12;;;/h2*5-11,14H,1-4H3,(H,15,17);3*1H4/t11-,19+;11-,19-;;;/m00.../s1. The lowest BCUT2D eigenvalue weighted by Crippen LogP contribution is -2.44. The highest BCUT2D eigenvalue weighted by molar-refractivity contribution is 7.56. The van der Waals surface area contributed by atoms with Crippen LogP contribution in [0.25, 0.3) is 0 Å². The molecule has 0 aromatic heterocycles. The Bertz CT molecular complexity index is 1010. The zero-order chi connectivity index (χ0) is 28.9. The highest BCUT2D eigenvalue weighted by Gasteiger charge is 2.23. The van der Waals surface area contributed by atoms with Gasteiger partial charge in [0.25, 0.3) is 0 Å². The summed E-state index contributed by atoms with van der Waals surface area (Å²) in [6.07, 6.45) is 0. The molecule has 0 radical (unpaired) electrons. The second kappa shape index (κ2) is 20.5. The van der Waals surface area contributed by atoms with Crippen LogP contribution in [0.3, 0.4) is 0 Å². The molecular weight excluding hydrogens is 562 g/mol. The molecule has 0 unspecified atom stereocenters. The topological polar surface area (TPSA) is 135 Å². The molecule has 10 nitrogen and oxygen atoms in total. The van der Waals surface area contributed by atoms with Crippen LogP contribution in [0.1, 0.15) is 63.8 Å². The summed E-state index contributed by atoms with van der Waals surface area (Å²) in [5.41, 5.74) is 5.47. The maximum atomic E-state index is 12.2. The summed E-state index contributed by atoms with van der Waals surface area (Å²) in [7, 11) is -6.10. The number of nitrogens with one attached hydrogen (secondary N) is 4. The predicted octanol–water partition coefficient (Wildman–Crippen LogP) is 7.10. The summed E-state index contributed by atoms with van der Waals surface area (Å²) < 4.78 is 35.1. The number of hydrazine groups is 2. The van der Waals surface area contributed by atoms with E-state index in [9.17, 15) is 18.7 Å². The van der Waals surface area contributed by atoms with Gasteiger partial charge in [-0.3, -0.25) is 18.7 Å². The van der Waals surface area contributed by atoms with Crippen molar-refractivity contribution in [3.8, 4) is 11.5 Å². The largest absolute Gasteiger partial charge is 0.432 e. The van der Waals surface area contributed by atoms with E-state index in [-0.39, 0.29) is 45.7 Å². The summed E-state index contributed by atoms with van der Waals surface area (Å²) in [6, 6.07) is 16.9. The lowest BCUT2D eigenvalue weighted by atomic mass is 10.0. The Balaban J connectivity index is -0.000000656. The lowest BCUT2D eigenvalue weighted by Gasteiger charge is -2.20. The SMILES string of the molecule is C.C.C.CC(C)C(=O)[C@H](C)NN[P@@](C)(=O)Oc1ccccc1.CC(C)C(=O)[C@H](C)NN[P@](C)(=O)Oc1ccccc1. The second-order valence-electron chi connectivity index (χ2n) is 9.57. The normalized spacial score (nSPS) is 14.7. The molecule has 2 aromatic carbocycles. The highest BCUT2D eigenvalue weighted by atomic mass is 31.2. The highest BCUT2D eigenvalue weighted by Crippen LogP contribution is 2.38. The zero-order valence-electron chi connectivity index (χ0n) is 23.4. The molecule has 0 aliphatic heterocycles. The van der Waals surface area contributed by atoms with Gasteiger partial charge < -0.3 is 9.05 Å². The third-order valence-corrected chi connectivity index (χ3v) is 7.19. The summed E-state index contributed by atoms with van der Waals surface area (Å²) >= 11 is 0. The first-order valence-electron chi connectivity index (χ1n) is 12.4. The molecule has 0 fully saturated rings. The maximum Gasteiger partial charge on any atom is 0.326 e. The molecule has 0 saturated carbocycles. The summed E-state index contributed by atoms with van der Waals surface area (Å²) in [4.78, 5) is 23.4. The van der Waals surface area contributed by atoms with Crippen LogP contribution in [0.2, 0.25) is 0 Å². The number of benzene rings is 2. The maximum absolute atomic E-state index is 12.2. The Kier molecular flexibility index (Phi) is 21.6. The number of carbonyl (C=O) groups excluding carboxylic acids is 2. The van der Waals surface area contributed by atoms with Crippen LogP contribution >= 0.6 is 15.0 Å². The minimum atomic E-state index is -3.05. The number of carbonyl (C=O) groups is 2. The zero-order valence-corrected chi connectivity index (χ0v) is 25.2. The van der Waals surface area contributed by atoms with Gasteiger partial charge in [-0.05, 0) is 38.1 Å². The number of para-hydroxylation sites is 2.